The second-order valence-electron chi connectivity index (χ2n) is 3.21. The molecule has 0 radical (unpaired) electrons. The van der Waals surface area contributed by atoms with E-state index in [1.54, 1.807) is 19.1 Å². The van der Waals surface area contributed by atoms with Gasteiger partial charge < -0.3 is 10.6 Å². The van der Waals surface area contributed by atoms with Crippen molar-refractivity contribution >= 4 is 11.7 Å². The first-order chi connectivity index (χ1) is 7.54. The van der Waals surface area contributed by atoms with Crippen LogP contribution in [0.1, 0.15) is 16.1 Å². The number of carbonyl (C=O) groups is 1. The van der Waals surface area contributed by atoms with E-state index in [0.29, 0.717) is 11.4 Å². The number of nitrogens with zero attached hydrogens (tertiary/aromatic N) is 1. The van der Waals surface area contributed by atoms with Crippen LogP contribution >= 0.6 is 0 Å². The molecule has 1 amide bonds. The lowest BCUT2D eigenvalue weighted by Crippen LogP contribution is -2.20. The summed E-state index contributed by atoms with van der Waals surface area (Å²) < 4.78 is 24.0. The van der Waals surface area contributed by atoms with Gasteiger partial charge in [-0.1, -0.05) is 6.07 Å². The first-order valence-electron chi connectivity index (χ1n) is 4.76. The third kappa shape index (κ3) is 3.15. The average molecular weight is 229 g/mol. The average Bonchev–Trinajstić information content (AvgIpc) is 2.26. The Morgan fingerprint density at radius 2 is 2.19 bits per heavy atom. The molecule has 1 aromatic heterocycles. The summed E-state index contributed by atoms with van der Waals surface area (Å²) in [6.07, 6.45) is -2.45. The van der Waals surface area contributed by atoms with E-state index in [0.717, 1.165) is 0 Å². The molecule has 1 aromatic rings. The maximum absolute atomic E-state index is 12.0. The number of alkyl halides is 2. The van der Waals surface area contributed by atoms with Crippen LogP contribution in [-0.2, 0) is 0 Å². The van der Waals surface area contributed by atoms with Gasteiger partial charge >= 0.3 is 0 Å². The van der Waals surface area contributed by atoms with Crippen molar-refractivity contribution in [3.8, 4) is 0 Å². The number of aryl methyl sites for hydroxylation is 1. The van der Waals surface area contributed by atoms with Gasteiger partial charge in [0.25, 0.3) is 12.3 Å². The molecule has 0 aliphatic rings. The van der Waals surface area contributed by atoms with Crippen LogP contribution in [-0.4, -0.2) is 30.9 Å². The predicted molar refractivity (Wildman–Crippen MR) is 56.9 cm³/mol. The summed E-state index contributed by atoms with van der Waals surface area (Å²) in [7, 11) is 1.48. The lowest BCUT2D eigenvalue weighted by atomic mass is 10.2. The second-order valence-corrected chi connectivity index (χ2v) is 3.21. The van der Waals surface area contributed by atoms with Gasteiger partial charge in [0.1, 0.15) is 11.5 Å². The molecule has 0 saturated carbocycles. The third-order valence-electron chi connectivity index (χ3n) is 1.98. The Hall–Kier alpha value is -1.72. The molecule has 0 spiro atoms. The smallest absolute Gasteiger partial charge is 0.269 e. The molecule has 0 atom stereocenters. The fraction of sp³-hybridized carbons (Fsp3) is 0.400. The Morgan fingerprint density at radius 3 is 2.75 bits per heavy atom. The minimum atomic E-state index is -2.45. The van der Waals surface area contributed by atoms with Crippen LogP contribution in [0.3, 0.4) is 0 Å². The molecule has 0 aromatic carbocycles. The maximum Gasteiger partial charge on any atom is 0.269 e. The molecule has 2 N–H and O–H groups in total. The van der Waals surface area contributed by atoms with Gasteiger partial charge in [-0.2, -0.15) is 0 Å². The van der Waals surface area contributed by atoms with Gasteiger partial charge in [0.15, 0.2) is 0 Å². The number of hydrogen-bond acceptors (Lipinski definition) is 3. The van der Waals surface area contributed by atoms with E-state index in [2.05, 4.69) is 15.6 Å². The maximum atomic E-state index is 12.0. The lowest BCUT2D eigenvalue weighted by molar-refractivity contribution is 0.0958. The van der Waals surface area contributed by atoms with Crippen LogP contribution < -0.4 is 10.6 Å². The van der Waals surface area contributed by atoms with E-state index in [9.17, 15) is 13.6 Å². The Morgan fingerprint density at radius 1 is 1.50 bits per heavy atom. The second kappa shape index (κ2) is 5.39. The van der Waals surface area contributed by atoms with Crippen molar-refractivity contribution < 1.29 is 13.6 Å². The fourth-order valence-electron chi connectivity index (χ4n) is 1.14. The van der Waals surface area contributed by atoms with Crippen molar-refractivity contribution in [2.45, 2.75) is 13.3 Å². The first kappa shape index (κ1) is 12.4. The highest BCUT2D eigenvalue weighted by atomic mass is 19.3. The molecule has 0 unspecified atom stereocenters. The number of pyridine rings is 1. The molecule has 16 heavy (non-hydrogen) atoms. The molecule has 0 aliphatic carbocycles. The molecule has 1 heterocycles. The fourth-order valence-corrected chi connectivity index (χ4v) is 1.14. The molecule has 0 aliphatic heterocycles. The van der Waals surface area contributed by atoms with Crippen molar-refractivity contribution in [3.05, 3.63) is 23.4 Å². The Balaban J connectivity index is 2.86. The molecular weight excluding hydrogens is 216 g/mol. The standard InChI is InChI=1S/C10H13F2N3O/c1-6-3-4-7(10(16)13-2)15-9(6)14-5-8(11)12/h3-4,8H,5H2,1-2H3,(H,13,16)(H,14,15). The number of carbonyl (C=O) groups excluding carboxylic acids is 1. The van der Waals surface area contributed by atoms with Gasteiger partial charge in [0.05, 0.1) is 6.54 Å². The zero-order valence-corrected chi connectivity index (χ0v) is 9.05. The van der Waals surface area contributed by atoms with Crippen LogP contribution in [0.5, 0.6) is 0 Å². The van der Waals surface area contributed by atoms with E-state index in [1.165, 1.54) is 7.05 Å². The van der Waals surface area contributed by atoms with Crippen LogP contribution in [0.25, 0.3) is 0 Å². The molecule has 88 valence electrons. The number of anilines is 1. The number of aromatic nitrogens is 1. The zero-order chi connectivity index (χ0) is 12.1. The zero-order valence-electron chi connectivity index (χ0n) is 9.05. The summed E-state index contributed by atoms with van der Waals surface area (Å²) in [5, 5.41) is 4.91. The molecule has 0 bridgehead atoms. The summed E-state index contributed by atoms with van der Waals surface area (Å²) in [5.41, 5.74) is 0.915. The molecule has 0 fully saturated rings. The van der Waals surface area contributed by atoms with Gasteiger partial charge in [-0.25, -0.2) is 13.8 Å². The van der Waals surface area contributed by atoms with Crippen molar-refractivity contribution in [2.24, 2.45) is 0 Å². The van der Waals surface area contributed by atoms with Gasteiger partial charge in [0.2, 0.25) is 0 Å². The summed E-state index contributed by atoms with van der Waals surface area (Å²) >= 11 is 0. The van der Waals surface area contributed by atoms with Crippen LogP contribution in [0.4, 0.5) is 14.6 Å². The number of rotatable bonds is 4. The lowest BCUT2D eigenvalue weighted by Gasteiger charge is -2.09. The summed E-state index contributed by atoms with van der Waals surface area (Å²) in [6.45, 7) is 1.25. The molecule has 0 saturated heterocycles. The van der Waals surface area contributed by atoms with Crippen LogP contribution in [0.15, 0.2) is 12.1 Å². The monoisotopic (exact) mass is 229 g/mol. The molecule has 1 rings (SSSR count). The predicted octanol–water partition coefficient (Wildman–Crippen LogP) is 1.43. The largest absolute Gasteiger partial charge is 0.364 e. The van der Waals surface area contributed by atoms with Crippen molar-refractivity contribution in [1.82, 2.24) is 10.3 Å². The SMILES string of the molecule is CNC(=O)c1ccc(C)c(NCC(F)F)n1. The van der Waals surface area contributed by atoms with Gasteiger partial charge in [-0.3, -0.25) is 4.79 Å². The van der Waals surface area contributed by atoms with Crippen molar-refractivity contribution in [3.63, 3.8) is 0 Å². The third-order valence-corrected chi connectivity index (χ3v) is 1.98. The highest BCUT2D eigenvalue weighted by Crippen LogP contribution is 2.12. The van der Waals surface area contributed by atoms with Crippen molar-refractivity contribution in [1.29, 1.82) is 0 Å². The Bertz CT molecular complexity index is 382. The van der Waals surface area contributed by atoms with E-state index in [-0.39, 0.29) is 11.6 Å². The van der Waals surface area contributed by atoms with Crippen molar-refractivity contribution in [2.75, 3.05) is 18.9 Å². The summed E-state index contributed by atoms with van der Waals surface area (Å²) in [4.78, 5) is 15.2. The molecule has 4 nitrogen and oxygen atoms in total. The highest BCUT2D eigenvalue weighted by molar-refractivity contribution is 5.92. The van der Waals surface area contributed by atoms with Gasteiger partial charge in [0, 0.05) is 7.05 Å². The van der Waals surface area contributed by atoms with Crippen LogP contribution in [0, 0.1) is 6.92 Å². The van der Waals surface area contributed by atoms with E-state index >= 15 is 0 Å². The Kier molecular flexibility index (Phi) is 4.16. The number of amides is 1. The Labute approximate surface area is 92.1 Å². The van der Waals surface area contributed by atoms with Gasteiger partial charge in [-0.05, 0) is 18.6 Å². The van der Waals surface area contributed by atoms with Crippen LogP contribution in [0.2, 0.25) is 0 Å². The van der Waals surface area contributed by atoms with Gasteiger partial charge in [-0.15, -0.1) is 0 Å². The topological polar surface area (TPSA) is 54.0 Å². The quantitative estimate of drug-likeness (QED) is 0.821. The number of nitrogens with one attached hydrogen (secondary N) is 2. The van der Waals surface area contributed by atoms with E-state index in [1.807, 2.05) is 0 Å². The highest BCUT2D eigenvalue weighted by Gasteiger charge is 2.09. The first-order valence-corrected chi connectivity index (χ1v) is 4.76. The van der Waals surface area contributed by atoms with E-state index in [4.69, 9.17) is 0 Å². The number of hydrogen-bond donors (Lipinski definition) is 2. The minimum absolute atomic E-state index is 0.199. The summed E-state index contributed by atoms with van der Waals surface area (Å²) in [5.74, 6) is -0.0403. The normalized spacial score (nSPS) is 10.3. The van der Waals surface area contributed by atoms with E-state index < -0.39 is 13.0 Å². The molecule has 6 heteroatoms. The molecular formula is C10H13F2N3O. The summed E-state index contributed by atoms with van der Waals surface area (Å²) in [6, 6.07) is 3.20. The number of halogens is 2. The minimum Gasteiger partial charge on any atom is -0.364 e.